The molecule has 0 bridgehead atoms. The lowest BCUT2D eigenvalue weighted by Crippen LogP contribution is -2.48. The molecule has 1 fully saturated rings. The molecule has 2 atom stereocenters. The van der Waals surface area contributed by atoms with Gasteiger partial charge >= 0.3 is 6.98 Å². The molecule has 0 saturated heterocycles. The van der Waals surface area contributed by atoms with Crippen LogP contribution in [-0.2, 0) is 0 Å². The molecule has 1 rings (SSSR count). The van der Waals surface area contributed by atoms with E-state index in [-0.39, 0.29) is 6.04 Å². The number of likely N-dealkylation sites (N-methyl/N-ethyl adjacent to an activating group) is 1. The van der Waals surface area contributed by atoms with Crippen LogP contribution >= 0.6 is 0 Å². The van der Waals surface area contributed by atoms with E-state index >= 15 is 0 Å². The van der Waals surface area contributed by atoms with E-state index in [1.165, 1.54) is 11.9 Å². The molecule has 0 spiro atoms. The van der Waals surface area contributed by atoms with Gasteiger partial charge in [-0.2, -0.15) is 0 Å². The molecule has 2 nitrogen and oxygen atoms in total. The van der Waals surface area contributed by atoms with E-state index < -0.39 is 19.5 Å². The quantitative estimate of drug-likeness (QED) is 0.715. The van der Waals surface area contributed by atoms with Crippen LogP contribution in [0.5, 0.6) is 0 Å². The Morgan fingerprint density at radius 1 is 1.29 bits per heavy atom. The lowest BCUT2D eigenvalue weighted by atomic mass is 9.86. The molecule has 0 amide bonds. The molecule has 0 radical (unpaired) electrons. The average Bonchev–Trinajstić information content (AvgIpc) is 2.01. The van der Waals surface area contributed by atoms with E-state index in [1.54, 1.807) is 0 Å². The maximum atomic E-state index is 12.1. The Kier molecular flexibility index (Phi) is 3.83. The molecule has 0 aromatic rings. The standard InChI is InChI=1S/C8H16BF3NO/c1-13(6-9(10,11)12)7-4-2-3-5-8(7)14/h7-8,14H,2-6H2,1H3/q-1. The number of nitrogens with zero attached hydrogens (tertiary/aromatic N) is 1. The molecule has 2 unspecified atom stereocenters. The van der Waals surface area contributed by atoms with Crippen LogP contribution in [0.15, 0.2) is 0 Å². The van der Waals surface area contributed by atoms with Gasteiger partial charge in [-0.15, -0.1) is 0 Å². The van der Waals surface area contributed by atoms with E-state index in [0.29, 0.717) is 12.8 Å². The molecular weight excluding hydrogens is 194 g/mol. The van der Waals surface area contributed by atoms with Crippen molar-refractivity contribution in [3.05, 3.63) is 0 Å². The van der Waals surface area contributed by atoms with E-state index in [9.17, 15) is 18.1 Å². The Morgan fingerprint density at radius 2 is 1.86 bits per heavy atom. The van der Waals surface area contributed by atoms with E-state index in [4.69, 9.17) is 0 Å². The van der Waals surface area contributed by atoms with E-state index in [2.05, 4.69) is 0 Å². The monoisotopic (exact) mass is 210 g/mol. The maximum absolute atomic E-state index is 12.1. The van der Waals surface area contributed by atoms with Gasteiger partial charge in [0.15, 0.2) is 0 Å². The Labute approximate surface area is 82.1 Å². The average molecular weight is 210 g/mol. The second-order valence-corrected chi connectivity index (χ2v) is 4.07. The van der Waals surface area contributed by atoms with Gasteiger partial charge in [-0.25, -0.2) is 0 Å². The Balaban J connectivity index is 2.46. The third kappa shape index (κ3) is 3.50. The lowest BCUT2D eigenvalue weighted by Gasteiger charge is -2.37. The molecule has 14 heavy (non-hydrogen) atoms. The number of rotatable bonds is 3. The maximum Gasteiger partial charge on any atom is 0.492 e. The third-order valence-electron chi connectivity index (χ3n) is 2.76. The highest BCUT2D eigenvalue weighted by Crippen LogP contribution is 2.23. The fourth-order valence-corrected chi connectivity index (χ4v) is 2.07. The largest absolute Gasteiger partial charge is 0.492 e. The van der Waals surface area contributed by atoms with Crippen molar-refractivity contribution in [1.29, 1.82) is 0 Å². The number of aliphatic hydroxyl groups is 1. The predicted octanol–water partition coefficient (Wildman–Crippen LogP) is 1.61. The van der Waals surface area contributed by atoms with Crippen molar-refractivity contribution < 1.29 is 18.1 Å². The number of hydrogen-bond acceptors (Lipinski definition) is 2. The SMILES string of the molecule is CN(C[B-](F)(F)F)C1CCCCC1O. The van der Waals surface area contributed by atoms with Gasteiger partial charge in [0.25, 0.3) is 0 Å². The van der Waals surface area contributed by atoms with Crippen molar-refractivity contribution in [1.82, 2.24) is 4.90 Å². The van der Waals surface area contributed by atoms with Crippen molar-refractivity contribution in [3.8, 4) is 0 Å². The predicted molar refractivity (Wildman–Crippen MR) is 50.0 cm³/mol. The Bertz CT molecular complexity index is 188. The highest BCUT2D eigenvalue weighted by atomic mass is 19.4. The second kappa shape index (κ2) is 4.53. The minimum Gasteiger partial charge on any atom is -0.448 e. The van der Waals surface area contributed by atoms with Gasteiger partial charge in [-0.05, 0) is 26.3 Å². The summed E-state index contributed by atoms with van der Waals surface area (Å²) in [6, 6.07) is -0.313. The first-order chi connectivity index (χ1) is 6.40. The molecule has 84 valence electrons. The first-order valence-corrected chi connectivity index (χ1v) is 4.99. The summed E-state index contributed by atoms with van der Waals surface area (Å²) in [5.41, 5.74) is 0. The van der Waals surface area contributed by atoms with Crippen LogP contribution in [0.2, 0.25) is 0 Å². The molecule has 0 aromatic heterocycles. The van der Waals surface area contributed by atoms with Crippen LogP contribution in [-0.4, -0.2) is 42.6 Å². The molecule has 1 aliphatic rings. The minimum absolute atomic E-state index is 0.313. The Hall–Kier alpha value is -0.225. The van der Waals surface area contributed by atoms with Gasteiger partial charge in [-0.1, -0.05) is 12.8 Å². The molecule has 1 aliphatic carbocycles. The van der Waals surface area contributed by atoms with Crippen LogP contribution in [0.4, 0.5) is 12.9 Å². The van der Waals surface area contributed by atoms with Crippen molar-refractivity contribution in [2.75, 3.05) is 13.5 Å². The van der Waals surface area contributed by atoms with Gasteiger partial charge < -0.3 is 23.0 Å². The van der Waals surface area contributed by atoms with Crippen molar-refractivity contribution >= 4 is 6.98 Å². The summed E-state index contributed by atoms with van der Waals surface area (Å²) in [5, 5.41) is 9.53. The van der Waals surface area contributed by atoms with E-state index in [0.717, 1.165) is 12.8 Å². The summed E-state index contributed by atoms with van der Waals surface area (Å²) in [7, 11) is 1.44. The summed E-state index contributed by atoms with van der Waals surface area (Å²) >= 11 is 0. The number of aliphatic hydroxyl groups excluding tert-OH is 1. The summed E-state index contributed by atoms with van der Waals surface area (Å²) in [6.45, 7) is -4.78. The van der Waals surface area contributed by atoms with Crippen LogP contribution in [0.25, 0.3) is 0 Å². The smallest absolute Gasteiger partial charge is 0.448 e. The van der Waals surface area contributed by atoms with Crippen LogP contribution < -0.4 is 0 Å². The summed E-state index contributed by atoms with van der Waals surface area (Å²) in [5.74, 6) is 0. The molecular formula is C8H16BF3NO-. The zero-order valence-electron chi connectivity index (χ0n) is 8.30. The first kappa shape index (κ1) is 11.8. The fraction of sp³-hybridized carbons (Fsp3) is 1.00. The summed E-state index contributed by atoms with van der Waals surface area (Å²) in [4.78, 5) is 1.24. The molecule has 0 aromatic carbocycles. The van der Waals surface area contributed by atoms with Crippen LogP contribution in [0.3, 0.4) is 0 Å². The van der Waals surface area contributed by atoms with E-state index in [1.807, 2.05) is 0 Å². The molecule has 1 N–H and O–H groups in total. The highest BCUT2D eigenvalue weighted by molar-refractivity contribution is 6.58. The Morgan fingerprint density at radius 3 is 2.36 bits per heavy atom. The number of hydrogen-bond donors (Lipinski definition) is 1. The van der Waals surface area contributed by atoms with Crippen molar-refractivity contribution in [2.24, 2.45) is 0 Å². The topological polar surface area (TPSA) is 23.5 Å². The zero-order valence-corrected chi connectivity index (χ0v) is 8.30. The lowest BCUT2D eigenvalue weighted by molar-refractivity contribution is 0.0364. The molecule has 6 heteroatoms. The van der Waals surface area contributed by atoms with Gasteiger partial charge in [0.2, 0.25) is 0 Å². The van der Waals surface area contributed by atoms with Crippen LogP contribution in [0, 0.1) is 0 Å². The molecule has 0 heterocycles. The molecule has 1 saturated carbocycles. The zero-order chi connectivity index (χ0) is 10.8. The molecule has 0 aliphatic heterocycles. The van der Waals surface area contributed by atoms with Gasteiger partial charge in [-0.3, -0.25) is 0 Å². The van der Waals surface area contributed by atoms with Gasteiger partial charge in [0.05, 0.1) is 6.10 Å². The fourth-order valence-electron chi connectivity index (χ4n) is 2.07. The summed E-state index contributed by atoms with van der Waals surface area (Å²) in [6.07, 6.45) is 1.66. The third-order valence-corrected chi connectivity index (χ3v) is 2.76. The van der Waals surface area contributed by atoms with Gasteiger partial charge in [0.1, 0.15) is 0 Å². The second-order valence-electron chi connectivity index (χ2n) is 4.07. The van der Waals surface area contributed by atoms with Gasteiger partial charge in [0, 0.05) is 6.04 Å². The van der Waals surface area contributed by atoms with Crippen LogP contribution in [0.1, 0.15) is 25.7 Å². The summed E-state index contributed by atoms with van der Waals surface area (Å²) < 4.78 is 36.4. The van der Waals surface area contributed by atoms with Crippen molar-refractivity contribution in [2.45, 2.75) is 37.8 Å². The van der Waals surface area contributed by atoms with Crippen molar-refractivity contribution in [3.63, 3.8) is 0 Å². The first-order valence-electron chi connectivity index (χ1n) is 4.99. The number of halogens is 3. The highest BCUT2D eigenvalue weighted by Gasteiger charge is 2.32. The minimum atomic E-state index is -4.78. The normalized spacial score (nSPS) is 29.6.